The van der Waals surface area contributed by atoms with E-state index >= 15 is 0 Å². The van der Waals surface area contributed by atoms with E-state index in [1.165, 1.54) is 0 Å². The minimum Gasteiger partial charge on any atom is -0.449 e. The summed E-state index contributed by atoms with van der Waals surface area (Å²) in [5.41, 5.74) is -0.251. The molecule has 2 rings (SSSR count). The van der Waals surface area contributed by atoms with Gasteiger partial charge >= 0.3 is 0 Å². The van der Waals surface area contributed by atoms with Gasteiger partial charge in [0.05, 0.1) is 12.7 Å². The zero-order valence-electron chi connectivity index (χ0n) is 10.9. The zero-order chi connectivity index (χ0) is 13.9. The summed E-state index contributed by atoms with van der Waals surface area (Å²) in [6.07, 6.45) is 3.42. The van der Waals surface area contributed by atoms with Crippen molar-refractivity contribution >= 4 is 0 Å². The molecule has 6 heteroatoms. The van der Waals surface area contributed by atoms with Crippen LogP contribution in [0.4, 0.5) is 0 Å². The van der Waals surface area contributed by atoms with Crippen LogP contribution in [0, 0.1) is 11.3 Å². The molecule has 0 aliphatic carbocycles. The van der Waals surface area contributed by atoms with E-state index in [4.69, 9.17) is 9.68 Å². The lowest BCUT2D eigenvalue weighted by atomic mass is 10.00. The fraction of sp³-hybridized carbons (Fsp3) is 0.385. The summed E-state index contributed by atoms with van der Waals surface area (Å²) < 4.78 is 6.88. The molecule has 0 saturated heterocycles. The van der Waals surface area contributed by atoms with Crippen molar-refractivity contribution < 1.29 is 9.52 Å². The molecule has 0 bridgehead atoms. The Labute approximate surface area is 111 Å². The van der Waals surface area contributed by atoms with Gasteiger partial charge in [-0.3, -0.25) is 4.68 Å². The number of aromatic nitrogens is 2. The summed E-state index contributed by atoms with van der Waals surface area (Å²) in [6.45, 7) is 2.54. The molecule has 0 spiro atoms. The number of hydrogen-bond acceptors (Lipinski definition) is 5. The first-order chi connectivity index (χ1) is 9.01. The second kappa shape index (κ2) is 5.26. The van der Waals surface area contributed by atoms with Gasteiger partial charge in [-0.25, -0.2) is 0 Å². The van der Waals surface area contributed by atoms with E-state index in [1.807, 2.05) is 6.07 Å². The third-order valence-electron chi connectivity index (χ3n) is 2.87. The van der Waals surface area contributed by atoms with Crippen LogP contribution in [-0.2, 0) is 19.2 Å². The van der Waals surface area contributed by atoms with Crippen LogP contribution in [0.1, 0.15) is 24.0 Å². The number of aryl methyl sites for hydroxylation is 1. The maximum atomic E-state index is 10.3. The van der Waals surface area contributed by atoms with Crippen molar-refractivity contribution in [3.05, 3.63) is 41.6 Å². The number of nitrogens with one attached hydrogen (secondary N) is 1. The highest BCUT2D eigenvalue weighted by Gasteiger charge is 2.24. The summed E-state index contributed by atoms with van der Waals surface area (Å²) in [7, 11) is 1.80. The van der Waals surface area contributed by atoms with Gasteiger partial charge in [-0.15, -0.1) is 0 Å². The van der Waals surface area contributed by atoms with E-state index < -0.39 is 5.60 Å². The highest BCUT2D eigenvalue weighted by molar-refractivity contribution is 5.19. The zero-order valence-corrected chi connectivity index (χ0v) is 10.9. The molecule has 2 heterocycles. The smallest absolute Gasteiger partial charge is 0.203 e. The average molecular weight is 260 g/mol. The second-order valence-corrected chi connectivity index (χ2v) is 4.66. The van der Waals surface area contributed by atoms with Crippen LogP contribution in [0.2, 0.25) is 0 Å². The topological polar surface area (TPSA) is 87.0 Å². The Kier molecular flexibility index (Phi) is 3.69. The minimum atomic E-state index is -1.00. The van der Waals surface area contributed by atoms with E-state index in [2.05, 4.69) is 10.4 Å². The Balaban J connectivity index is 1.90. The second-order valence-electron chi connectivity index (χ2n) is 4.66. The highest BCUT2D eigenvalue weighted by atomic mass is 16.3. The number of aliphatic hydroxyl groups is 1. The summed E-state index contributed by atoms with van der Waals surface area (Å²) in [5.74, 6) is 0.953. The van der Waals surface area contributed by atoms with Crippen molar-refractivity contribution in [3.63, 3.8) is 0 Å². The van der Waals surface area contributed by atoms with Gasteiger partial charge in [0.2, 0.25) is 5.76 Å². The monoisotopic (exact) mass is 260 g/mol. The van der Waals surface area contributed by atoms with E-state index in [-0.39, 0.29) is 5.76 Å². The maximum Gasteiger partial charge on any atom is 0.203 e. The fourth-order valence-corrected chi connectivity index (χ4v) is 1.76. The molecule has 2 N–H and O–H groups in total. The molecule has 6 nitrogen and oxygen atoms in total. The van der Waals surface area contributed by atoms with Crippen molar-refractivity contribution in [1.82, 2.24) is 15.1 Å². The molecule has 0 radical (unpaired) electrons. The molecule has 100 valence electrons. The Bertz CT molecular complexity index is 592. The van der Waals surface area contributed by atoms with Gasteiger partial charge < -0.3 is 14.8 Å². The Hall–Kier alpha value is -2.10. The molecule has 0 aromatic carbocycles. The molecule has 1 unspecified atom stereocenters. The van der Waals surface area contributed by atoms with Gasteiger partial charge in [0.25, 0.3) is 0 Å². The molecular weight excluding hydrogens is 244 g/mol. The first-order valence-corrected chi connectivity index (χ1v) is 5.92. The van der Waals surface area contributed by atoms with Crippen LogP contribution >= 0.6 is 0 Å². The molecule has 0 aliphatic rings. The minimum absolute atomic E-state index is 0.288. The third kappa shape index (κ3) is 3.22. The van der Waals surface area contributed by atoms with Crippen LogP contribution in [0.3, 0.4) is 0 Å². The molecule has 2 aromatic rings. The predicted octanol–water partition coefficient (Wildman–Crippen LogP) is 0.882. The third-order valence-corrected chi connectivity index (χ3v) is 2.87. The van der Waals surface area contributed by atoms with Crippen molar-refractivity contribution in [1.29, 1.82) is 5.26 Å². The average Bonchev–Trinajstić information content (AvgIpc) is 2.98. The first kappa shape index (κ1) is 13.3. The summed E-state index contributed by atoms with van der Waals surface area (Å²) >= 11 is 0. The lowest BCUT2D eigenvalue weighted by Crippen LogP contribution is -2.34. The molecule has 19 heavy (non-hydrogen) atoms. The molecular formula is C13H16N4O2. The lowest BCUT2D eigenvalue weighted by Gasteiger charge is -2.22. The maximum absolute atomic E-state index is 10.3. The quantitative estimate of drug-likeness (QED) is 0.833. The largest absolute Gasteiger partial charge is 0.449 e. The SMILES string of the molecule is Cn1cc(C(C)(O)CNCc2ccc(C#N)o2)cn1. The van der Waals surface area contributed by atoms with Crippen molar-refractivity contribution in [2.45, 2.75) is 19.1 Å². The summed E-state index contributed by atoms with van der Waals surface area (Å²) in [5, 5.41) is 26.1. The number of rotatable bonds is 5. The first-order valence-electron chi connectivity index (χ1n) is 5.92. The molecule has 0 saturated carbocycles. The molecule has 1 atom stereocenters. The van der Waals surface area contributed by atoms with Gasteiger partial charge in [0, 0.05) is 25.4 Å². The Morgan fingerprint density at radius 2 is 2.37 bits per heavy atom. The van der Waals surface area contributed by atoms with Crippen LogP contribution in [-0.4, -0.2) is 21.4 Å². The summed E-state index contributed by atoms with van der Waals surface area (Å²) in [6, 6.07) is 5.29. The number of furan rings is 1. The Morgan fingerprint density at radius 3 is 2.95 bits per heavy atom. The normalized spacial score (nSPS) is 14.0. The van der Waals surface area contributed by atoms with E-state index in [0.29, 0.717) is 18.8 Å². The van der Waals surface area contributed by atoms with E-state index in [0.717, 1.165) is 5.56 Å². The van der Waals surface area contributed by atoms with Crippen molar-refractivity contribution in [2.75, 3.05) is 6.54 Å². The van der Waals surface area contributed by atoms with Crippen LogP contribution in [0.15, 0.2) is 28.9 Å². The number of nitriles is 1. The van der Waals surface area contributed by atoms with Gasteiger partial charge in [0.15, 0.2) is 0 Å². The van der Waals surface area contributed by atoms with Gasteiger partial charge in [-0.1, -0.05) is 0 Å². The standard InChI is InChI=1S/C13H16N4O2/c1-13(18,10-6-16-17(2)8-10)9-15-7-12-4-3-11(5-14)19-12/h3-4,6,8,15,18H,7,9H2,1-2H3. The summed E-state index contributed by atoms with van der Waals surface area (Å²) in [4.78, 5) is 0. The van der Waals surface area contributed by atoms with Crippen LogP contribution in [0.5, 0.6) is 0 Å². The van der Waals surface area contributed by atoms with Gasteiger partial charge in [-0.05, 0) is 19.1 Å². The van der Waals surface area contributed by atoms with Crippen LogP contribution in [0.25, 0.3) is 0 Å². The van der Waals surface area contributed by atoms with Crippen molar-refractivity contribution in [2.24, 2.45) is 7.05 Å². The predicted molar refractivity (Wildman–Crippen MR) is 67.9 cm³/mol. The van der Waals surface area contributed by atoms with E-state index in [1.54, 1.807) is 43.2 Å². The fourth-order valence-electron chi connectivity index (χ4n) is 1.76. The number of nitrogens with zero attached hydrogens (tertiary/aromatic N) is 3. The highest BCUT2D eigenvalue weighted by Crippen LogP contribution is 2.18. The molecule has 0 aliphatic heterocycles. The lowest BCUT2D eigenvalue weighted by molar-refractivity contribution is 0.0561. The number of hydrogen-bond donors (Lipinski definition) is 2. The molecule has 2 aromatic heterocycles. The van der Waals surface area contributed by atoms with Crippen molar-refractivity contribution in [3.8, 4) is 6.07 Å². The van der Waals surface area contributed by atoms with Gasteiger partial charge in [0.1, 0.15) is 17.4 Å². The molecule has 0 fully saturated rings. The van der Waals surface area contributed by atoms with E-state index in [9.17, 15) is 5.11 Å². The molecule has 0 amide bonds. The Morgan fingerprint density at radius 1 is 1.58 bits per heavy atom. The van der Waals surface area contributed by atoms with Crippen LogP contribution < -0.4 is 5.32 Å². The van der Waals surface area contributed by atoms with Gasteiger partial charge in [-0.2, -0.15) is 10.4 Å².